The molecule has 4 rings (SSSR count). The first-order valence-corrected chi connectivity index (χ1v) is 12.4. The van der Waals surface area contributed by atoms with Crippen LogP contribution in [0.2, 0.25) is 0 Å². The Morgan fingerprint density at radius 1 is 1.03 bits per heavy atom. The second kappa shape index (κ2) is 12.9. The van der Waals surface area contributed by atoms with Crippen LogP contribution in [0.25, 0.3) is 5.76 Å². The fourth-order valence-corrected chi connectivity index (χ4v) is 4.58. The average molecular weight is 515 g/mol. The highest BCUT2D eigenvalue weighted by molar-refractivity contribution is 6.46. The third-order valence-electron chi connectivity index (χ3n) is 6.51. The number of rotatable bonds is 9. The van der Waals surface area contributed by atoms with Gasteiger partial charge in [-0.25, -0.2) is 0 Å². The molecule has 2 aromatic rings. The van der Waals surface area contributed by atoms with Crippen LogP contribution >= 0.6 is 12.4 Å². The number of ether oxygens (including phenoxy) is 2. The Balaban J connectivity index is 0.00000361. The number of aliphatic hydroxyl groups is 1. The monoisotopic (exact) mass is 514 g/mol. The molecule has 0 radical (unpaired) electrons. The highest BCUT2D eigenvalue weighted by Crippen LogP contribution is 2.40. The van der Waals surface area contributed by atoms with Gasteiger partial charge in [0.25, 0.3) is 11.7 Å². The topological polar surface area (TPSA) is 79.3 Å². The SMILES string of the molecule is CCCOc1ccc(C2/C(=C(\O)c3ccc(C)cc3)C(=O)C(=O)N2CCCN2CCOCC2)cc1.Cl. The van der Waals surface area contributed by atoms with Crippen molar-refractivity contribution in [1.29, 1.82) is 0 Å². The van der Waals surface area contributed by atoms with Crippen molar-refractivity contribution >= 4 is 29.9 Å². The van der Waals surface area contributed by atoms with Crippen LogP contribution in [0.15, 0.2) is 54.1 Å². The van der Waals surface area contributed by atoms with Crippen LogP contribution in [0.4, 0.5) is 0 Å². The Morgan fingerprint density at radius 3 is 2.33 bits per heavy atom. The molecule has 8 heteroatoms. The van der Waals surface area contributed by atoms with Crippen molar-refractivity contribution in [3.05, 3.63) is 70.8 Å². The number of hydrogen-bond acceptors (Lipinski definition) is 6. The number of amides is 1. The summed E-state index contributed by atoms with van der Waals surface area (Å²) in [4.78, 5) is 30.3. The van der Waals surface area contributed by atoms with Gasteiger partial charge in [-0.1, -0.05) is 48.9 Å². The largest absolute Gasteiger partial charge is 0.507 e. The lowest BCUT2D eigenvalue weighted by Gasteiger charge is -2.29. The minimum atomic E-state index is -0.652. The van der Waals surface area contributed by atoms with E-state index in [1.165, 1.54) is 0 Å². The molecular weight excluding hydrogens is 480 g/mol. The van der Waals surface area contributed by atoms with Crippen LogP contribution in [-0.4, -0.2) is 72.6 Å². The number of hydrogen-bond donors (Lipinski definition) is 1. The molecule has 1 atom stereocenters. The average Bonchev–Trinajstić information content (AvgIpc) is 3.13. The second-order valence-corrected chi connectivity index (χ2v) is 9.08. The van der Waals surface area contributed by atoms with Gasteiger partial charge in [0.1, 0.15) is 11.5 Å². The van der Waals surface area contributed by atoms with Crippen molar-refractivity contribution in [2.45, 2.75) is 32.7 Å². The summed E-state index contributed by atoms with van der Waals surface area (Å²) in [6, 6.07) is 14.1. The lowest BCUT2D eigenvalue weighted by Crippen LogP contribution is -2.38. The van der Waals surface area contributed by atoms with E-state index in [0.717, 1.165) is 49.4 Å². The van der Waals surface area contributed by atoms with Crippen molar-refractivity contribution in [1.82, 2.24) is 9.80 Å². The van der Waals surface area contributed by atoms with Gasteiger partial charge in [-0.05, 0) is 37.5 Å². The summed E-state index contributed by atoms with van der Waals surface area (Å²) in [5.41, 5.74) is 2.47. The summed E-state index contributed by atoms with van der Waals surface area (Å²) in [5.74, 6) is -0.628. The molecule has 2 aromatic carbocycles. The Labute approximate surface area is 219 Å². The Bertz CT molecular complexity index is 1060. The quantitative estimate of drug-likeness (QED) is 0.304. The van der Waals surface area contributed by atoms with Gasteiger partial charge in [0.2, 0.25) is 0 Å². The maximum atomic E-state index is 13.2. The molecule has 0 saturated carbocycles. The van der Waals surface area contributed by atoms with Crippen LogP contribution in [0.5, 0.6) is 5.75 Å². The number of ketones is 1. The zero-order chi connectivity index (χ0) is 24.8. The molecule has 0 aliphatic carbocycles. The van der Waals surface area contributed by atoms with Crippen LogP contribution in [-0.2, 0) is 14.3 Å². The highest BCUT2D eigenvalue weighted by atomic mass is 35.5. The molecule has 0 bridgehead atoms. The van der Waals surface area contributed by atoms with Crippen molar-refractivity contribution in [2.75, 3.05) is 46.0 Å². The first kappa shape index (κ1) is 27.7. The van der Waals surface area contributed by atoms with E-state index in [0.29, 0.717) is 31.9 Å². The molecule has 2 aliphatic heterocycles. The number of Topliss-reactive ketones (excluding diaryl/α,β-unsaturated/α-hetero) is 1. The van der Waals surface area contributed by atoms with Gasteiger partial charge < -0.3 is 19.5 Å². The van der Waals surface area contributed by atoms with Gasteiger partial charge in [0.05, 0.1) is 31.4 Å². The predicted molar refractivity (Wildman–Crippen MR) is 142 cm³/mol. The number of benzene rings is 2. The molecule has 1 amide bonds. The fraction of sp³-hybridized carbons (Fsp3) is 0.429. The zero-order valence-electron chi connectivity index (χ0n) is 20.9. The van der Waals surface area contributed by atoms with Crippen molar-refractivity contribution in [2.24, 2.45) is 0 Å². The zero-order valence-corrected chi connectivity index (χ0v) is 21.8. The van der Waals surface area contributed by atoms with E-state index in [2.05, 4.69) is 4.90 Å². The maximum Gasteiger partial charge on any atom is 0.295 e. The van der Waals surface area contributed by atoms with E-state index in [4.69, 9.17) is 9.47 Å². The number of nitrogens with zero attached hydrogens (tertiary/aromatic N) is 2. The van der Waals surface area contributed by atoms with E-state index in [1.807, 2.05) is 50.2 Å². The molecule has 36 heavy (non-hydrogen) atoms. The smallest absolute Gasteiger partial charge is 0.295 e. The minimum Gasteiger partial charge on any atom is -0.507 e. The molecule has 2 fully saturated rings. The van der Waals surface area contributed by atoms with E-state index in [9.17, 15) is 14.7 Å². The lowest BCUT2D eigenvalue weighted by atomic mass is 9.95. The summed E-state index contributed by atoms with van der Waals surface area (Å²) in [5, 5.41) is 11.2. The van der Waals surface area contributed by atoms with E-state index in [1.54, 1.807) is 17.0 Å². The van der Waals surface area contributed by atoms with Gasteiger partial charge >= 0.3 is 0 Å². The summed E-state index contributed by atoms with van der Waals surface area (Å²) < 4.78 is 11.1. The van der Waals surface area contributed by atoms with Crippen molar-refractivity contribution < 1.29 is 24.2 Å². The summed E-state index contributed by atoms with van der Waals surface area (Å²) in [7, 11) is 0. The molecular formula is C28H35ClN2O5. The predicted octanol–water partition coefficient (Wildman–Crippen LogP) is 4.35. The Hall–Kier alpha value is -2.87. The Morgan fingerprint density at radius 2 is 1.69 bits per heavy atom. The number of likely N-dealkylation sites (tertiary alicyclic amines) is 1. The van der Waals surface area contributed by atoms with Gasteiger partial charge in [0, 0.05) is 31.7 Å². The van der Waals surface area contributed by atoms with Gasteiger partial charge in [0.15, 0.2) is 0 Å². The van der Waals surface area contributed by atoms with Crippen LogP contribution in [0.3, 0.4) is 0 Å². The molecule has 2 saturated heterocycles. The van der Waals surface area contributed by atoms with Gasteiger partial charge in [-0.2, -0.15) is 0 Å². The molecule has 1 unspecified atom stereocenters. The van der Waals surface area contributed by atoms with Crippen LogP contribution < -0.4 is 4.74 Å². The third kappa shape index (κ3) is 6.27. The molecule has 1 N–H and O–H groups in total. The molecule has 7 nitrogen and oxygen atoms in total. The normalized spacial score (nSPS) is 19.8. The molecule has 194 valence electrons. The van der Waals surface area contributed by atoms with Gasteiger partial charge in [-0.15, -0.1) is 12.4 Å². The summed E-state index contributed by atoms with van der Waals surface area (Å²) >= 11 is 0. The summed E-state index contributed by atoms with van der Waals surface area (Å²) in [6.07, 6.45) is 1.63. The number of morpholine rings is 1. The summed E-state index contributed by atoms with van der Waals surface area (Å²) in [6.45, 7) is 9.03. The van der Waals surface area contributed by atoms with E-state index < -0.39 is 17.7 Å². The number of aryl methyl sites for hydroxylation is 1. The van der Waals surface area contributed by atoms with Gasteiger partial charge in [-0.3, -0.25) is 14.5 Å². The number of carbonyl (C=O) groups is 2. The van der Waals surface area contributed by atoms with Crippen molar-refractivity contribution in [3.63, 3.8) is 0 Å². The standard InChI is InChI=1S/C28H34N2O5.ClH/c1-3-17-35-23-11-9-21(10-12-23)25-24(26(31)22-7-5-20(2)6-8-22)27(32)28(33)30(25)14-4-13-29-15-18-34-19-16-29;/h5-12,25,31H,3-4,13-19H2,1-2H3;1H/b26-24+;. The lowest BCUT2D eigenvalue weighted by molar-refractivity contribution is -0.140. The third-order valence-corrected chi connectivity index (χ3v) is 6.51. The maximum absolute atomic E-state index is 13.2. The van der Waals surface area contributed by atoms with E-state index in [-0.39, 0.29) is 23.7 Å². The first-order valence-electron chi connectivity index (χ1n) is 12.4. The second-order valence-electron chi connectivity index (χ2n) is 9.08. The fourth-order valence-electron chi connectivity index (χ4n) is 4.58. The molecule has 0 aromatic heterocycles. The Kier molecular flexibility index (Phi) is 9.93. The van der Waals surface area contributed by atoms with Crippen molar-refractivity contribution in [3.8, 4) is 5.75 Å². The minimum absolute atomic E-state index is 0. The number of halogens is 1. The van der Waals surface area contributed by atoms with Crippen LogP contribution in [0.1, 0.15) is 42.5 Å². The number of carbonyl (C=O) groups excluding carboxylic acids is 2. The highest BCUT2D eigenvalue weighted by Gasteiger charge is 2.45. The molecule has 2 heterocycles. The van der Waals surface area contributed by atoms with E-state index >= 15 is 0 Å². The molecule has 0 spiro atoms. The first-order chi connectivity index (χ1) is 17.0. The number of aliphatic hydroxyl groups excluding tert-OH is 1. The molecule has 2 aliphatic rings. The van der Waals surface area contributed by atoms with Crippen LogP contribution in [0, 0.1) is 6.92 Å².